The smallest absolute Gasteiger partial charge is 0.173 e. The van der Waals surface area contributed by atoms with Crippen molar-refractivity contribution >= 4 is 5.84 Å². The van der Waals surface area contributed by atoms with Crippen LogP contribution >= 0.6 is 0 Å². The van der Waals surface area contributed by atoms with E-state index in [4.69, 9.17) is 20.4 Å². The van der Waals surface area contributed by atoms with Crippen molar-refractivity contribution in [2.75, 3.05) is 26.9 Å². The van der Waals surface area contributed by atoms with E-state index in [2.05, 4.69) is 23.9 Å². The number of amidine groups is 1. The molecule has 3 N–H and O–H groups in total. The molecule has 1 heterocycles. The third kappa shape index (κ3) is 3.46. The van der Waals surface area contributed by atoms with E-state index in [0.717, 1.165) is 31.9 Å². The third-order valence-corrected chi connectivity index (χ3v) is 3.84. The Kier molecular flexibility index (Phi) is 4.69. The summed E-state index contributed by atoms with van der Waals surface area (Å²) < 4.78 is 10.9. The van der Waals surface area contributed by atoms with E-state index in [1.165, 1.54) is 0 Å². The normalized spacial score (nSPS) is 19.5. The standard InChI is InChI=1S/C15H23N3O3/c1-15(2)10-21-7-6-18(15)9-11-4-5-12(14(16)17-19)13(8-11)20-3/h4-5,8,19H,6-7,9-10H2,1-3H3,(H2,16,17). The molecule has 0 bridgehead atoms. The Morgan fingerprint density at radius 2 is 2.29 bits per heavy atom. The molecule has 1 aromatic rings. The van der Waals surface area contributed by atoms with E-state index >= 15 is 0 Å². The highest BCUT2D eigenvalue weighted by Gasteiger charge is 2.30. The summed E-state index contributed by atoms with van der Waals surface area (Å²) in [6.45, 7) is 7.54. The number of nitrogens with zero attached hydrogens (tertiary/aromatic N) is 2. The molecule has 1 saturated heterocycles. The van der Waals surface area contributed by atoms with Crippen LogP contribution in [-0.4, -0.2) is 48.4 Å². The fourth-order valence-electron chi connectivity index (χ4n) is 2.50. The number of benzene rings is 1. The second kappa shape index (κ2) is 6.32. The average molecular weight is 293 g/mol. The SMILES string of the molecule is COc1cc(CN2CCOCC2(C)C)ccc1/C(N)=N/O. The summed E-state index contributed by atoms with van der Waals surface area (Å²) in [5.41, 5.74) is 7.36. The molecule has 1 aromatic carbocycles. The average Bonchev–Trinajstić information content (AvgIpc) is 2.48. The lowest BCUT2D eigenvalue weighted by Gasteiger charge is -2.42. The maximum Gasteiger partial charge on any atom is 0.173 e. The highest BCUT2D eigenvalue weighted by atomic mass is 16.5. The van der Waals surface area contributed by atoms with Crippen LogP contribution in [-0.2, 0) is 11.3 Å². The topological polar surface area (TPSA) is 80.3 Å². The van der Waals surface area contributed by atoms with E-state index in [1.807, 2.05) is 18.2 Å². The molecule has 0 saturated carbocycles. The minimum absolute atomic E-state index is 0.00966. The van der Waals surface area contributed by atoms with Crippen molar-refractivity contribution < 1.29 is 14.7 Å². The highest BCUT2D eigenvalue weighted by Crippen LogP contribution is 2.25. The molecule has 0 unspecified atom stereocenters. The molecule has 0 radical (unpaired) electrons. The van der Waals surface area contributed by atoms with E-state index in [9.17, 15) is 0 Å². The Bertz CT molecular complexity index is 529. The van der Waals surface area contributed by atoms with Crippen LogP contribution in [0.25, 0.3) is 0 Å². The number of ether oxygens (including phenoxy) is 2. The van der Waals surface area contributed by atoms with Gasteiger partial charge in [0.1, 0.15) is 5.75 Å². The Morgan fingerprint density at radius 1 is 1.52 bits per heavy atom. The van der Waals surface area contributed by atoms with Crippen LogP contribution in [0.1, 0.15) is 25.0 Å². The Hall–Kier alpha value is -1.79. The van der Waals surface area contributed by atoms with Crippen LogP contribution in [0.4, 0.5) is 0 Å². The molecule has 0 aromatic heterocycles. The van der Waals surface area contributed by atoms with Gasteiger partial charge >= 0.3 is 0 Å². The minimum Gasteiger partial charge on any atom is -0.496 e. The van der Waals surface area contributed by atoms with Gasteiger partial charge < -0.3 is 20.4 Å². The number of oxime groups is 1. The third-order valence-electron chi connectivity index (χ3n) is 3.84. The summed E-state index contributed by atoms with van der Waals surface area (Å²) in [5.74, 6) is 0.652. The molecule has 1 aliphatic rings. The summed E-state index contributed by atoms with van der Waals surface area (Å²) in [7, 11) is 1.58. The van der Waals surface area contributed by atoms with Crippen LogP contribution < -0.4 is 10.5 Å². The van der Waals surface area contributed by atoms with Crippen LogP contribution in [0.2, 0.25) is 0 Å². The second-order valence-electron chi connectivity index (χ2n) is 5.81. The zero-order valence-electron chi connectivity index (χ0n) is 12.8. The van der Waals surface area contributed by atoms with E-state index in [-0.39, 0.29) is 11.4 Å². The number of hydrogen-bond donors (Lipinski definition) is 2. The van der Waals surface area contributed by atoms with Gasteiger partial charge in [-0.2, -0.15) is 0 Å². The lowest BCUT2D eigenvalue weighted by Crippen LogP contribution is -2.52. The molecule has 21 heavy (non-hydrogen) atoms. The van der Waals surface area contributed by atoms with E-state index < -0.39 is 0 Å². The first-order chi connectivity index (χ1) is 9.97. The van der Waals surface area contributed by atoms with Gasteiger partial charge in [0.15, 0.2) is 5.84 Å². The quantitative estimate of drug-likeness (QED) is 0.380. The zero-order chi connectivity index (χ0) is 15.5. The Labute approximate surface area is 125 Å². The van der Waals surface area contributed by atoms with Gasteiger partial charge in [-0.3, -0.25) is 4.90 Å². The first-order valence-electron chi connectivity index (χ1n) is 6.95. The monoisotopic (exact) mass is 293 g/mol. The number of hydrogen-bond acceptors (Lipinski definition) is 5. The molecule has 2 rings (SSSR count). The summed E-state index contributed by atoms with van der Waals surface area (Å²) in [4.78, 5) is 2.38. The highest BCUT2D eigenvalue weighted by molar-refractivity contribution is 5.99. The van der Waals surface area contributed by atoms with Gasteiger partial charge in [-0.15, -0.1) is 0 Å². The van der Waals surface area contributed by atoms with Crippen LogP contribution in [0.5, 0.6) is 5.75 Å². The van der Waals surface area contributed by atoms with E-state index in [1.54, 1.807) is 7.11 Å². The number of rotatable bonds is 4. The Morgan fingerprint density at radius 3 is 2.90 bits per heavy atom. The molecule has 0 atom stereocenters. The number of nitrogens with two attached hydrogens (primary N) is 1. The van der Waals surface area contributed by atoms with Gasteiger partial charge in [0, 0.05) is 18.6 Å². The van der Waals surface area contributed by atoms with Crippen molar-refractivity contribution in [1.82, 2.24) is 4.90 Å². The summed E-state index contributed by atoms with van der Waals surface area (Å²) in [6, 6.07) is 5.72. The van der Waals surface area contributed by atoms with Crippen LogP contribution in [0.3, 0.4) is 0 Å². The number of morpholine rings is 1. The van der Waals surface area contributed by atoms with Crippen molar-refractivity contribution in [3.05, 3.63) is 29.3 Å². The first-order valence-corrected chi connectivity index (χ1v) is 6.95. The molecule has 1 aliphatic heterocycles. The van der Waals surface area contributed by atoms with Gasteiger partial charge in [-0.25, -0.2) is 0 Å². The van der Waals surface area contributed by atoms with Gasteiger partial charge in [0.05, 0.1) is 25.9 Å². The molecule has 6 heteroatoms. The molecule has 0 amide bonds. The lowest BCUT2D eigenvalue weighted by atomic mass is 10.0. The lowest BCUT2D eigenvalue weighted by molar-refractivity contribution is -0.0552. The summed E-state index contributed by atoms with van der Waals surface area (Å²) in [6.07, 6.45) is 0. The number of methoxy groups -OCH3 is 1. The Balaban J connectivity index is 2.21. The van der Waals surface area contributed by atoms with Gasteiger partial charge in [-0.05, 0) is 31.5 Å². The van der Waals surface area contributed by atoms with Gasteiger partial charge in [0.25, 0.3) is 0 Å². The molecule has 116 valence electrons. The predicted molar refractivity (Wildman–Crippen MR) is 80.8 cm³/mol. The molecule has 1 fully saturated rings. The fraction of sp³-hybridized carbons (Fsp3) is 0.533. The van der Waals surface area contributed by atoms with Crippen molar-refractivity contribution in [3.8, 4) is 5.75 Å². The molecule has 0 spiro atoms. The second-order valence-corrected chi connectivity index (χ2v) is 5.81. The van der Waals surface area contributed by atoms with Crippen molar-refractivity contribution in [2.45, 2.75) is 25.9 Å². The molecular formula is C15H23N3O3. The zero-order valence-corrected chi connectivity index (χ0v) is 12.8. The van der Waals surface area contributed by atoms with E-state index in [0.29, 0.717) is 11.3 Å². The molecular weight excluding hydrogens is 270 g/mol. The largest absolute Gasteiger partial charge is 0.496 e. The summed E-state index contributed by atoms with van der Waals surface area (Å²) >= 11 is 0. The first kappa shape index (κ1) is 15.6. The fourth-order valence-corrected chi connectivity index (χ4v) is 2.50. The predicted octanol–water partition coefficient (Wildman–Crippen LogP) is 1.40. The maximum absolute atomic E-state index is 8.79. The van der Waals surface area contributed by atoms with Crippen molar-refractivity contribution in [1.29, 1.82) is 0 Å². The van der Waals surface area contributed by atoms with Gasteiger partial charge in [0.2, 0.25) is 0 Å². The maximum atomic E-state index is 8.79. The van der Waals surface area contributed by atoms with Crippen LogP contribution in [0.15, 0.2) is 23.4 Å². The van der Waals surface area contributed by atoms with Gasteiger partial charge in [-0.1, -0.05) is 11.2 Å². The summed E-state index contributed by atoms with van der Waals surface area (Å²) in [5, 5.41) is 11.8. The molecule has 0 aliphatic carbocycles. The van der Waals surface area contributed by atoms with Crippen LogP contribution in [0, 0.1) is 0 Å². The van der Waals surface area contributed by atoms with Crippen molar-refractivity contribution in [3.63, 3.8) is 0 Å². The van der Waals surface area contributed by atoms with Crippen molar-refractivity contribution in [2.24, 2.45) is 10.9 Å². The minimum atomic E-state index is 0.00966. The molecule has 6 nitrogen and oxygen atoms in total.